The number of carbonyl (C=O) groups is 6. The third-order valence-electron chi connectivity index (χ3n) is 4.59. The molecule has 0 aromatic carbocycles. The summed E-state index contributed by atoms with van der Waals surface area (Å²) in [6, 6.07) is -2.64. The summed E-state index contributed by atoms with van der Waals surface area (Å²) < 4.78 is 26.4. The molecule has 198 valence electrons. The third kappa shape index (κ3) is 10.2. The summed E-state index contributed by atoms with van der Waals surface area (Å²) in [6.07, 6.45) is -6.80. The fourth-order valence-electron chi connectivity index (χ4n) is 3.37. The highest BCUT2D eigenvalue weighted by Gasteiger charge is 2.52. The summed E-state index contributed by atoms with van der Waals surface area (Å²) in [5.41, 5.74) is 0. The smallest absolute Gasteiger partial charge is 0.410 e. The van der Waals surface area contributed by atoms with Gasteiger partial charge in [-0.2, -0.15) is 0 Å². The van der Waals surface area contributed by atoms with Crippen LogP contribution in [0.1, 0.15) is 48.0 Å². The predicted molar refractivity (Wildman–Crippen MR) is 115 cm³/mol. The zero-order chi connectivity index (χ0) is 26.9. The molecular formula is C21H32N2O12. The molecular weight excluding hydrogens is 472 g/mol. The first-order valence-electron chi connectivity index (χ1n) is 10.8. The van der Waals surface area contributed by atoms with Crippen molar-refractivity contribution in [3.63, 3.8) is 0 Å². The van der Waals surface area contributed by atoms with Gasteiger partial charge in [0.25, 0.3) is 0 Å². The first-order chi connectivity index (χ1) is 16.2. The highest BCUT2D eigenvalue weighted by Crippen LogP contribution is 2.28. The number of rotatable bonds is 10. The van der Waals surface area contributed by atoms with E-state index in [4.69, 9.17) is 23.7 Å². The summed E-state index contributed by atoms with van der Waals surface area (Å²) in [4.78, 5) is 70.8. The van der Waals surface area contributed by atoms with Crippen molar-refractivity contribution in [2.24, 2.45) is 5.92 Å². The number of ether oxygens (including phenoxy) is 5. The lowest BCUT2D eigenvalue weighted by Crippen LogP contribution is -2.67. The average molecular weight is 504 g/mol. The SMILES string of the molecule is CC(=O)N[C@H]1[C@@H](OC(=O)N[C@@H](CC(C)C)C(=O)O)O[C@H](COC(C)=O)[C@@H](OC(C)=O)[C@@H]1OC(C)=O. The first-order valence-corrected chi connectivity index (χ1v) is 10.8. The van der Waals surface area contributed by atoms with Crippen molar-refractivity contribution < 1.29 is 57.6 Å². The molecule has 1 aliphatic heterocycles. The van der Waals surface area contributed by atoms with Gasteiger partial charge in [0.15, 0.2) is 12.2 Å². The summed E-state index contributed by atoms with van der Waals surface area (Å²) in [5.74, 6) is -4.30. The van der Waals surface area contributed by atoms with Crippen LogP contribution in [0.4, 0.5) is 4.79 Å². The van der Waals surface area contributed by atoms with Crippen LogP contribution in [0.3, 0.4) is 0 Å². The normalized spacial score (nSPS) is 24.5. The zero-order valence-corrected chi connectivity index (χ0v) is 20.4. The molecule has 1 saturated heterocycles. The summed E-state index contributed by atoms with van der Waals surface area (Å²) in [6.45, 7) is 7.45. The molecule has 0 unspecified atom stereocenters. The number of hydrogen-bond acceptors (Lipinski definition) is 11. The molecule has 6 atom stereocenters. The Bertz CT molecular complexity index is 814. The fraction of sp³-hybridized carbons (Fsp3) is 0.714. The molecule has 0 radical (unpaired) electrons. The van der Waals surface area contributed by atoms with E-state index in [9.17, 15) is 33.9 Å². The lowest BCUT2D eigenvalue weighted by atomic mass is 9.96. The molecule has 3 N–H and O–H groups in total. The van der Waals surface area contributed by atoms with E-state index in [-0.39, 0.29) is 12.3 Å². The highest BCUT2D eigenvalue weighted by molar-refractivity contribution is 5.80. The molecule has 0 bridgehead atoms. The van der Waals surface area contributed by atoms with Crippen LogP contribution in [-0.2, 0) is 47.7 Å². The number of aliphatic carboxylic acids is 1. The Balaban J connectivity index is 3.31. The molecule has 1 heterocycles. The van der Waals surface area contributed by atoms with Gasteiger partial charge in [0.05, 0.1) is 0 Å². The number of carbonyl (C=O) groups excluding carboxylic acids is 5. The van der Waals surface area contributed by atoms with Crippen LogP contribution >= 0.6 is 0 Å². The van der Waals surface area contributed by atoms with Gasteiger partial charge in [-0.1, -0.05) is 13.8 Å². The van der Waals surface area contributed by atoms with E-state index in [1.807, 2.05) is 0 Å². The highest BCUT2D eigenvalue weighted by atomic mass is 16.7. The van der Waals surface area contributed by atoms with E-state index >= 15 is 0 Å². The number of esters is 3. The van der Waals surface area contributed by atoms with Crippen molar-refractivity contribution in [3.05, 3.63) is 0 Å². The van der Waals surface area contributed by atoms with Crippen molar-refractivity contribution in [3.8, 4) is 0 Å². The molecule has 1 fully saturated rings. The van der Waals surface area contributed by atoms with Gasteiger partial charge >= 0.3 is 30.0 Å². The largest absolute Gasteiger partial charge is 0.480 e. The van der Waals surface area contributed by atoms with Crippen LogP contribution in [0, 0.1) is 5.92 Å². The monoisotopic (exact) mass is 504 g/mol. The minimum atomic E-state index is -1.65. The van der Waals surface area contributed by atoms with Crippen molar-refractivity contribution in [1.29, 1.82) is 0 Å². The maximum atomic E-state index is 12.5. The maximum Gasteiger partial charge on any atom is 0.410 e. The minimum Gasteiger partial charge on any atom is -0.480 e. The second kappa shape index (κ2) is 13.5. The van der Waals surface area contributed by atoms with Gasteiger partial charge in [-0.15, -0.1) is 0 Å². The first kappa shape index (κ1) is 29.6. The van der Waals surface area contributed by atoms with Crippen molar-refractivity contribution >= 4 is 35.9 Å². The second-order valence-electron chi connectivity index (χ2n) is 8.29. The van der Waals surface area contributed by atoms with Crippen LogP contribution in [0.15, 0.2) is 0 Å². The Morgan fingerprint density at radius 1 is 0.886 bits per heavy atom. The van der Waals surface area contributed by atoms with Crippen LogP contribution in [0.25, 0.3) is 0 Å². The predicted octanol–water partition coefficient (Wildman–Crippen LogP) is -0.132. The lowest BCUT2D eigenvalue weighted by molar-refractivity contribution is -0.263. The van der Waals surface area contributed by atoms with Gasteiger partial charge in [0.2, 0.25) is 12.2 Å². The Labute approximate surface area is 201 Å². The molecule has 0 spiro atoms. The number of amides is 2. The number of carboxylic acids is 1. The Morgan fingerprint density at radius 3 is 1.91 bits per heavy atom. The molecule has 0 aromatic heterocycles. The van der Waals surface area contributed by atoms with Crippen LogP contribution < -0.4 is 10.6 Å². The van der Waals surface area contributed by atoms with Crippen molar-refractivity contribution in [2.45, 2.75) is 84.6 Å². The van der Waals surface area contributed by atoms with E-state index < -0.39 is 79.2 Å². The molecule has 0 aliphatic carbocycles. The molecule has 14 heteroatoms. The summed E-state index contributed by atoms with van der Waals surface area (Å²) in [7, 11) is 0. The second-order valence-corrected chi connectivity index (χ2v) is 8.29. The van der Waals surface area contributed by atoms with E-state index in [0.29, 0.717) is 0 Å². The van der Waals surface area contributed by atoms with E-state index in [0.717, 1.165) is 27.7 Å². The summed E-state index contributed by atoms with van der Waals surface area (Å²) in [5, 5.41) is 14.0. The zero-order valence-electron chi connectivity index (χ0n) is 20.4. The van der Waals surface area contributed by atoms with Crippen molar-refractivity contribution in [2.75, 3.05) is 6.61 Å². The average Bonchev–Trinajstić information content (AvgIpc) is 2.69. The van der Waals surface area contributed by atoms with Crippen LogP contribution in [0.5, 0.6) is 0 Å². The van der Waals surface area contributed by atoms with Crippen LogP contribution in [0.2, 0.25) is 0 Å². The molecule has 0 saturated carbocycles. The molecule has 1 rings (SSSR count). The molecule has 2 amide bonds. The Kier molecular flexibility index (Phi) is 11.4. The van der Waals surface area contributed by atoms with Gasteiger partial charge in [-0.3, -0.25) is 19.2 Å². The molecule has 35 heavy (non-hydrogen) atoms. The number of nitrogens with one attached hydrogen (secondary N) is 2. The van der Waals surface area contributed by atoms with Crippen molar-refractivity contribution in [1.82, 2.24) is 10.6 Å². The van der Waals surface area contributed by atoms with Crippen LogP contribution in [-0.4, -0.2) is 84.3 Å². The van der Waals surface area contributed by atoms with Gasteiger partial charge in [0.1, 0.15) is 24.8 Å². The molecule has 1 aliphatic rings. The Hall–Kier alpha value is -3.42. The number of carboxylic acid groups (broad SMARTS) is 1. The fourth-order valence-corrected chi connectivity index (χ4v) is 3.37. The van der Waals surface area contributed by atoms with E-state index in [1.165, 1.54) is 0 Å². The minimum absolute atomic E-state index is 0.0691. The maximum absolute atomic E-state index is 12.5. The number of alkyl carbamates (subject to hydrolysis) is 1. The van der Waals surface area contributed by atoms with E-state index in [2.05, 4.69) is 10.6 Å². The molecule has 14 nitrogen and oxygen atoms in total. The van der Waals surface area contributed by atoms with Gasteiger partial charge in [0, 0.05) is 27.7 Å². The quantitative estimate of drug-likeness (QED) is 0.264. The van der Waals surface area contributed by atoms with Gasteiger partial charge < -0.3 is 39.4 Å². The lowest BCUT2D eigenvalue weighted by Gasteiger charge is -2.44. The summed E-state index contributed by atoms with van der Waals surface area (Å²) >= 11 is 0. The van der Waals surface area contributed by atoms with Gasteiger partial charge in [-0.05, 0) is 12.3 Å². The van der Waals surface area contributed by atoms with E-state index in [1.54, 1.807) is 13.8 Å². The number of hydrogen-bond donors (Lipinski definition) is 3. The van der Waals surface area contributed by atoms with Gasteiger partial charge in [-0.25, -0.2) is 9.59 Å². The third-order valence-corrected chi connectivity index (χ3v) is 4.59. The standard InChI is InChI=1S/C21H32N2O12/c1-9(2)7-14(19(28)29)23-21(30)35-20-16(22-10(3)24)18(33-13(6)27)17(32-12(5)26)15(34-20)8-31-11(4)25/h9,14-18,20H,7-8H2,1-6H3,(H,22,24)(H,23,30)(H,28,29)/t14-,15+,16+,17+,18+,20+/m0/s1. The Morgan fingerprint density at radius 2 is 1.46 bits per heavy atom. The molecule has 0 aromatic rings. The topological polar surface area (TPSA) is 193 Å².